The Morgan fingerprint density at radius 2 is 1.59 bits per heavy atom. The third kappa shape index (κ3) is 8.23. The van der Waals surface area contributed by atoms with Gasteiger partial charge in [0, 0.05) is 25.2 Å². The molecule has 2 rings (SSSR count). The van der Waals surface area contributed by atoms with Gasteiger partial charge in [-0.05, 0) is 56.4 Å². The summed E-state index contributed by atoms with van der Waals surface area (Å²) in [6, 6.07) is 8.07. The van der Waals surface area contributed by atoms with Crippen LogP contribution in [0.1, 0.15) is 90.2 Å². The highest BCUT2D eigenvalue weighted by Gasteiger charge is 2.24. The first-order chi connectivity index (χ1) is 18.7. The van der Waals surface area contributed by atoms with E-state index in [4.69, 9.17) is 0 Å². The molecule has 39 heavy (non-hydrogen) atoms. The van der Waals surface area contributed by atoms with Crippen LogP contribution in [0.2, 0.25) is 0 Å². The van der Waals surface area contributed by atoms with Crippen molar-refractivity contribution in [2.45, 2.75) is 97.4 Å². The first-order valence-corrected chi connectivity index (χ1v) is 15.5. The van der Waals surface area contributed by atoms with E-state index < -0.39 is 15.6 Å². The van der Waals surface area contributed by atoms with Gasteiger partial charge in [-0.3, -0.25) is 9.36 Å². The average molecular weight is 558 g/mol. The van der Waals surface area contributed by atoms with Gasteiger partial charge in [-0.2, -0.15) is 14.7 Å². The van der Waals surface area contributed by atoms with Crippen LogP contribution in [0.5, 0.6) is 5.88 Å². The van der Waals surface area contributed by atoms with Crippen LogP contribution < -0.4 is 5.56 Å². The summed E-state index contributed by atoms with van der Waals surface area (Å²) in [6.45, 7) is 11.0. The van der Waals surface area contributed by atoms with Crippen LogP contribution in [0.25, 0.3) is 0 Å². The van der Waals surface area contributed by atoms with Crippen molar-refractivity contribution in [3.63, 3.8) is 0 Å². The van der Waals surface area contributed by atoms with E-state index in [1.54, 1.807) is 19.1 Å². The van der Waals surface area contributed by atoms with Gasteiger partial charge in [-0.1, -0.05) is 59.8 Å². The third-order valence-electron chi connectivity index (χ3n) is 7.02. The number of azo groups is 1. The van der Waals surface area contributed by atoms with Gasteiger partial charge in [0.15, 0.2) is 5.69 Å². The number of nitrogens with zero attached hydrogens (tertiary/aromatic N) is 5. The van der Waals surface area contributed by atoms with Crippen LogP contribution in [0, 0.1) is 24.2 Å². The number of rotatable bonds is 16. The van der Waals surface area contributed by atoms with Crippen LogP contribution in [-0.2, 0) is 16.6 Å². The first kappa shape index (κ1) is 32.2. The predicted octanol–water partition coefficient (Wildman–Crippen LogP) is 6.96. The highest BCUT2D eigenvalue weighted by atomic mass is 32.2. The normalized spacial score (nSPS) is 12.7. The third-order valence-corrected chi connectivity index (χ3v) is 8.93. The Kier molecular flexibility index (Phi) is 12.8. The second-order valence-corrected chi connectivity index (χ2v) is 11.9. The molecule has 1 aromatic carbocycles. The van der Waals surface area contributed by atoms with Crippen molar-refractivity contribution in [1.82, 2.24) is 8.87 Å². The highest BCUT2D eigenvalue weighted by molar-refractivity contribution is 7.89. The molecule has 0 amide bonds. The minimum atomic E-state index is -3.64. The lowest BCUT2D eigenvalue weighted by atomic mass is 9.99. The van der Waals surface area contributed by atoms with Crippen LogP contribution in [0.4, 0.5) is 11.4 Å². The molecule has 1 atom stereocenters. The minimum absolute atomic E-state index is 0.00501. The van der Waals surface area contributed by atoms with Crippen molar-refractivity contribution in [2.24, 2.45) is 16.1 Å². The van der Waals surface area contributed by atoms with Crippen molar-refractivity contribution < 1.29 is 13.5 Å². The number of hydrogen-bond acceptors (Lipinski definition) is 7. The molecule has 0 saturated heterocycles. The van der Waals surface area contributed by atoms with Crippen molar-refractivity contribution in [3.05, 3.63) is 45.7 Å². The molecular weight excluding hydrogens is 514 g/mol. The van der Waals surface area contributed by atoms with E-state index in [1.807, 2.05) is 26.8 Å². The predicted molar refractivity (Wildman–Crippen MR) is 154 cm³/mol. The molecule has 10 heteroatoms. The SMILES string of the molecule is CCCCC(CC)Cn1c(O)c(C#N)c(C)c(N=Nc2ccc(S(=O)(=O)N(CCCC)CCCC)cc2)c1=O. The fourth-order valence-corrected chi connectivity index (χ4v) is 5.88. The highest BCUT2D eigenvalue weighted by Crippen LogP contribution is 2.29. The zero-order valence-electron chi connectivity index (χ0n) is 24.0. The number of nitriles is 1. The second-order valence-electron chi connectivity index (χ2n) is 9.92. The van der Waals surface area contributed by atoms with Gasteiger partial charge in [0.05, 0.1) is 10.6 Å². The van der Waals surface area contributed by atoms with E-state index in [1.165, 1.54) is 21.0 Å². The zero-order chi connectivity index (χ0) is 29.0. The summed E-state index contributed by atoms with van der Waals surface area (Å²) >= 11 is 0. The van der Waals surface area contributed by atoms with Crippen LogP contribution in [0.15, 0.2) is 44.2 Å². The summed E-state index contributed by atoms with van der Waals surface area (Å²) in [7, 11) is -3.64. The number of benzene rings is 1. The molecule has 0 bridgehead atoms. The molecule has 1 N–H and O–H groups in total. The van der Waals surface area contributed by atoms with Gasteiger partial charge in [-0.25, -0.2) is 8.42 Å². The molecule has 1 heterocycles. The fraction of sp³-hybridized carbons (Fsp3) is 0.586. The van der Waals surface area contributed by atoms with E-state index in [9.17, 15) is 23.6 Å². The summed E-state index contributed by atoms with van der Waals surface area (Å²) in [6.07, 6.45) is 7.18. The maximum Gasteiger partial charge on any atom is 0.281 e. The largest absolute Gasteiger partial charge is 0.493 e. The van der Waals surface area contributed by atoms with Gasteiger partial charge < -0.3 is 5.11 Å². The van der Waals surface area contributed by atoms with Gasteiger partial charge in [-0.15, -0.1) is 5.11 Å². The quantitative estimate of drug-likeness (QED) is 0.223. The Morgan fingerprint density at radius 3 is 2.10 bits per heavy atom. The Hall–Kier alpha value is -3.03. The maximum absolute atomic E-state index is 13.3. The van der Waals surface area contributed by atoms with E-state index in [0.717, 1.165) is 51.4 Å². The van der Waals surface area contributed by atoms with E-state index in [0.29, 0.717) is 18.8 Å². The smallest absolute Gasteiger partial charge is 0.281 e. The number of unbranched alkanes of at least 4 members (excludes halogenated alkanes) is 3. The number of pyridine rings is 1. The average Bonchev–Trinajstić information content (AvgIpc) is 2.93. The van der Waals surface area contributed by atoms with Gasteiger partial charge >= 0.3 is 0 Å². The molecule has 0 aliphatic rings. The van der Waals surface area contributed by atoms with Gasteiger partial charge in [0.2, 0.25) is 15.9 Å². The first-order valence-electron chi connectivity index (χ1n) is 14.0. The second kappa shape index (κ2) is 15.5. The lowest BCUT2D eigenvalue weighted by Gasteiger charge is -2.22. The Balaban J connectivity index is 2.40. The fourth-order valence-electron chi connectivity index (χ4n) is 4.36. The molecular formula is C29H43N5O4S. The summed E-state index contributed by atoms with van der Waals surface area (Å²) in [5.74, 6) is -0.171. The molecule has 0 saturated carbocycles. The van der Waals surface area contributed by atoms with Crippen molar-refractivity contribution in [2.75, 3.05) is 13.1 Å². The zero-order valence-corrected chi connectivity index (χ0v) is 24.8. The summed E-state index contributed by atoms with van der Waals surface area (Å²) in [5, 5.41) is 28.7. The number of sulfonamides is 1. The van der Waals surface area contributed by atoms with Gasteiger partial charge in [0.25, 0.3) is 5.56 Å². The molecule has 0 spiro atoms. The van der Waals surface area contributed by atoms with Crippen molar-refractivity contribution >= 4 is 21.4 Å². The Labute approximate surface area is 233 Å². The molecule has 1 aromatic heterocycles. The number of aromatic nitrogens is 1. The van der Waals surface area contributed by atoms with Gasteiger partial charge in [0.1, 0.15) is 11.6 Å². The van der Waals surface area contributed by atoms with Crippen molar-refractivity contribution in [1.29, 1.82) is 5.26 Å². The Bertz CT molecular complexity index is 1300. The monoisotopic (exact) mass is 557 g/mol. The minimum Gasteiger partial charge on any atom is -0.493 e. The number of aromatic hydroxyl groups is 1. The van der Waals surface area contributed by atoms with E-state index >= 15 is 0 Å². The molecule has 0 fully saturated rings. The van der Waals surface area contributed by atoms with Crippen molar-refractivity contribution in [3.8, 4) is 11.9 Å². The Morgan fingerprint density at radius 1 is 1.00 bits per heavy atom. The van der Waals surface area contributed by atoms with E-state index in [2.05, 4.69) is 17.2 Å². The van der Waals surface area contributed by atoms with Crippen LogP contribution in [0.3, 0.4) is 0 Å². The maximum atomic E-state index is 13.3. The summed E-state index contributed by atoms with van der Waals surface area (Å²) in [4.78, 5) is 13.5. The standard InChI is InChI=1S/C29H43N5O4S/c1-6-10-13-23(9-4)21-34-28(35)26(20-30)22(5)27(29(34)36)32-31-24-14-16-25(17-15-24)39(37,38)33(18-11-7-2)19-12-8-3/h14-17,23,35H,6-13,18-19,21H2,1-5H3. The van der Waals surface area contributed by atoms with Crippen LogP contribution in [-0.4, -0.2) is 35.5 Å². The number of hydrogen-bond donors (Lipinski definition) is 1. The summed E-state index contributed by atoms with van der Waals surface area (Å²) < 4.78 is 29.2. The van der Waals surface area contributed by atoms with Crippen LogP contribution >= 0.6 is 0 Å². The molecule has 0 radical (unpaired) electrons. The molecule has 9 nitrogen and oxygen atoms in total. The topological polar surface area (TPSA) is 128 Å². The lowest BCUT2D eigenvalue weighted by molar-refractivity contribution is 0.339. The molecule has 214 valence electrons. The molecule has 2 aromatic rings. The molecule has 0 aliphatic heterocycles. The lowest BCUT2D eigenvalue weighted by Crippen LogP contribution is -2.33. The molecule has 0 aliphatic carbocycles. The molecule has 1 unspecified atom stereocenters. The van der Waals surface area contributed by atoms with E-state index in [-0.39, 0.29) is 40.1 Å². The summed E-state index contributed by atoms with van der Waals surface area (Å²) in [5.41, 5.74) is 0.0906.